The highest BCUT2D eigenvalue weighted by Gasteiger charge is 2.07. The highest BCUT2D eigenvalue weighted by atomic mass is 32.2. The molecule has 0 amide bonds. The van der Waals surface area contributed by atoms with Gasteiger partial charge in [0.25, 0.3) is 0 Å². The first-order valence-corrected chi connectivity index (χ1v) is 5.94. The Morgan fingerprint density at radius 1 is 1.41 bits per heavy atom. The van der Waals surface area contributed by atoms with Gasteiger partial charge in [0.2, 0.25) is 0 Å². The maximum absolute atomic E-state index is 11.3. The summed E-state index contributed by atoms with van der Waals surface area (Å²) >= 11 is 1.38. The molecule has 2 rings (SSSR count). The van der Waals surface area contributed by atoms with Gasteiger partial charge < -0.3 is 0 Å². The number of aromatic amines is 1. The summed E-state index contributed by atoms with van der Waals surface area (Å²) in [7, 11) is 0. The van der Waals surface area contributed by atoms with Crippen molar-refractivity contribution >= 4 is 18.0 Å². The molecule has 1 aromatic heterocycles. The standard InChI is InChI=1S/C11H11N3O2S/c1-2-14-10(16)12-13-11(14)17-9-5-3-8(7-15)4-6-9/h3-7H,2H2,1H3,(H,12,16). The fraction of sp³-hybridized carbons (Fsp3) is 0.182. The average molecular weight is 249 g/mol. The second-order valence-electron chi connectivity index (χ2n) is 3.34. The molecule has 0 radical (unpaired) electrons. The first-order valence-electron chi connectivity index (χ1n) is 5.13. The van der Waals surface area contributed by atoms with Crippen LogP contribution in [-0.4, -0.2) is 21.1 Å². The molecule has 2 aromatic rings. The second-order valence-corrected chi connectivity index (χ2v) is 4.39. The van der Waals surface area contributed by atoms with Crippen molar-refractivity contribution in [2.24, 2.45) is 0 Å². The predicted octanol–water partition coefficient (Wildman–Crippen LogP) is 1.55. The van der Waals surface area contributed by atoms with E-state index in [1.165, 1.54) is 11.8 Å². The molecule has 0 fully saturated rings. The molecule has 0 spiro atoms. The molecule has 5 nitrogen and oxygen atoms in total. The molecule has 1 N–H and O–H groups in total. The summed E-state index contributed by atoms with van der Waals surface area (Å²) in [4.78, 5) is 22.8. The van der Waals surface area contributed by atoms with Crippen LogP contribution in [0.1, 0.15) is 17.3 Å². The van der Waals surface area contributed by atoms with Crippen molar-refractivity contribution < 1.29 is 4.79 Å². The van der Waals surface area contributed by atoms with E-state index in [-0.39, 0.29) is 5.69 Å². The van der Waals surface area contributed by atoms with E-state index >= 15 is 0 Å². The summed E-state index contributed by atoms with van der Waals surface area (Å²) in [5.41, 5.74) is 0.420. The van der Waals surface area contributed by atoms with Crippen molar-refractivity contribution in [3.8, 4) is 0 Å². The molecular formula is C11H11N3O2S. The maximum Gasteiger partial charge on any atom is 0.343 e. The summed E-state index contributed by atoms with van der Waals surface area (Å²) in [6, 6.07) is 7.12. The number of H-pyrrole nitrogens is 1. The Hall–Kier alpha value is -1.82. The Morgan fingerprint density at radius 2 is 2.12 bits per heavy atom. The molecule has 0 aliphatic carbocycles. The molecule has 88 valence electrons. The summed E-state index contributed by atoms with van der Waals surface area (Å²) in [5.74, 6) is 0. The van der Waals surface area contributed by atoms with E-state index in [0.717, 1.165) is 11.2 Å². The Kier molecular flexibility index (Phi) is 3.43. The number of nitrogens with zero attached hydrogens (tertiary/aromatic N) is 2. The van der Waals surface area contributed by atoms with Gasteiger partial charge in [-0.2, -0.15) is 0 Å². The number of rotatable bonds is 4. The van der Waals surface area contributed by atoms with E-state index in [1.807, 2.05) is 19.1 Å². The quantitative estimate of drug-likeness (QED) is 0.835. The largest absolute Gasteiger partial charge is 0.343 e. The number of aldehydes is 1. The Morgan fingerprint density at radius 3 is 2.71 bits per heavy atom. The molecule has 0 aliphatic heterocycles. The van der Waals surface area contributed by atoms with Gasteiger partial charge >= 0.3 is 5.69 Å². The third kappa shape index (κ3) is 2.47. The first-order chi connectivity index (χ1) is 8.24. The zero-order valence-corrected chi connectivity index (χ0v) is 10.0. The van der Waals surface area contributed by atoms with E-state index in [1.54, 1.807) is 16.7 Å². The van der Waals surface area contributed by atoms with E-state index < -0.39 is 0 Å². The second kappa shape index (κ2) is 5.01. The molecule has 0 saturated heterocycles. The number of aromatic nitrogens is 3. The number of carbonyl (C=O) groups is 1. The van der Waals surface area contributed by atoms with Crippen LogP contribution in [0, 0.1) is 0 Å². The molecule has 0 aliphatic rings. The third-order valence-corrected chi connectivity index (χ3v) is 3.27. The zero-order chi connectivity index (χ0) is 12.3. The van der Waals surface area contributed by atoms with Crippen LogP contribution in [0.5, 0.6) is 0 Å². The van der Waals surface area contributed by atoms with Gasteiger partial charge in [-0.1, -0.05) is 12.1 Å². The van der Waals surface area contributed by atoms with Crippen molar-refractivity contribution in [2.45, 2.75) is 23.5 Å². The lowest BCUT2D eigenvalue weighted by Crippen LogP contribution is -2.15. The molecule has 1 heterocycles. The van der Waals surface area contributed by atoms with Crippen LogP contribution in [0.25, 0.3) is 0 Å². The van der Waals surface area contributed by atoms with E-state index in [4.69, 9.17) is 0 Å². The molecule has 0 bridgehead atoms. The summed E-state index contributed by atoms with van der Waals surface area (Å²) in [6.45, 7) is 2.46. The Balaban J connectivity index is 2.24. The van der Waals surface area contributed by atoms with Gasteiger partial charge in [0.15, 0.2) is 5.16 Å². The number of nitrogens with one attached hydrogen (secondary N) is 1. The average Bonchev–Trinajstić information content (AvgIpc) is 2.71. The van der Waals surface area contributed by atoms with Crippen LogP contribution in [0.4, 0.5) is 0 Å². The normalized spacial score (nSPS) is 10.4. The van der Waals surface area contributed by atoms with Crippen molar-refractivity contribution in [1.82, 2.24) is 14.8 Å². The number of hydrogen-bond acceptors (Lipinski definition) is 4. The van der Waals surface area contributed by atoms with Crippen LogP contribution in [0.3, 0.4) is 0 Å². The number of carbonyl (C=O) groups excluding carboxylic acids is 1. The maximum atomic E-state index is 11.3. The lowest BCUT2D eigenvalue weighted by Gasteiger charge is -2.01. The minimum absolute atomic E-state index is 0.209. The fourth-order valence-corrected chi connectivity index (χ4v) is 2.28. The summed E-state index contributed by atoms with van der Waals surface area (Å²) in [5, 5.41) is 6.98. The van der Waals surface area contributed by atoms with Crippen LogP contribution in [0.15, 0.2) is 39.1 Å². The Bertz CT molecular complexity index is 571. The van der Waals surface area contributed by atoms with Gasteiger partial charge in [-0.3, -0.25) is 9.36 Å². The smallest absolute Gasteiger partial charge is 0.298 e. The Labute approximate surface area is 102 Å². The van der Waals surface area contributed by atoms with Crippen molar-refractivity contribution in [3.63, 3.8) is 0 Å². The van der Waals surface area contributed by atoms with Crippen molar-refractivity contribution in [2.75, 3.05) is 0 Å². The van der Waals surface area contributed by atoms with Crippen LogP contribution in [0.2, 0.25) is 0 Å². The van der Waals surface area contributed by atoms with Crippen molar-refractivity contribution in [1.29, 1.82) is 0 Å². The van der Waals surface area contributed by atoms with Gasteiger partial charge in [0.05, 0.1) is 0 Å². The predicted molar refractivity (Wildman–Crippen MR) is 64.5 cm³/mol. The van der Waals surface area contributed by atoms with Gasteiger partial charge in [-0.05, 0) is 30.8 Å². The number of hydrogen-bond donors (Lipinski definition) is 1. The summed E-state index contributed by atoms with van der Waals surface area (Å²) < 4.78 is 1.55. The van der Waals surface area contributed by atoms with Crippen LogP contribution in [-0.2, 0) is 6.54 Å². The first kappa shape index (κ1) is 11.7. The minimum Gasteiger partial charge on any atom is -0.298 e. The topological polar surface area (TPSA) is 67.8 Å². The van der Waals surface area contributed by atoms with Crippen LogP contribution < -0.4 is 5.69 Å². The van der Waals surface area contributed by atoms with E-state index in [2.05, 4.69) is 10.2 Å². The third-order valence-electron chi connectivity index (χ3n) is 2.26. The molecule has 0 unspecified atom stereocenters. The van der Waals surface area contributed by atoms with Gasteiger partial charge in [-0.25, -0.2) is 9.89 Å². The van der Waals surface area contributed by atoms with Gasteiger partial charge in [0, 0.05) is 17.0 Å². The number of benzene rings is 1. The molecule has 17 heavy (non-hydrogen) atoms. The van der Waals surface area contributed by atoms with E-state index in [0.29, 0.717) is 17.3 Å². The molecule has 6 heteroatoms. The van der Waals surface area contributed by atoms with E-state index in [9.17, 15) is 9.59 Å². The highest BCUT2D eigenvalue weighted by Crippen LogP contribution is 2.24. The SMILES string of the molecule is CCn1c(Sc2ccc(C=O)cc2)n[nH]c1=O. The van der Waals surface area contributed by atoms with Gasteiger partial charge in [-0.15, -0.1) is 5.10 Å². The lowest BCUT2D eigenvalue weighted by atomic mass is 10.2. The molecule has 0 saturated carbocycles. The molecule has 0 atom stereocenters. The lowest BCUT2D eigenvalue weighted by molar-refractivity contribution is 0.112. The van der Waals surface area contributed by atoms with Gasteiger partial charge in [0.1, 0.15) is 6.29 Å². The molecular weight excluding hydrogens is 238 g/mol. The van der Waals surface area contributed by atoms with Crippen molar-refractivity contribution in [3.05, 3.63) is 40.3 Å². The monoisotopic (exact) mass is 249 g/mol. The fourth-order valence-electron chi connectivity index (χ4n) is 1.38. The molecule has 1 aromatic carbocycles. The van der Waals surface area contributed by atoms with Crippen LogP contribution >= 0.6 is 11.8 Å². The highest BCUT2D eigenvalue weighted by molar-refractivity contribution is 7.99. The minimum atomic E-state index is -0.209. The summed E-state index contributed by atoms with van der Waals surface area (Å²) in [6.07, 6.45) is 0.797. The zero-order valence-electron chi connectivity index (χ0n) is 9.21.